The number of phenolic OH excluding ortho intramolecular Hbond substituents is 1. The van der Waals surface area contributed by atoms with Crippen LogP contribution >= 0.6 is 23.1 Å². The van der Waals surface area contributed by atoms with Crippen LogP contribution in [0.3, 0.4) is 0 Å². The fourth-order valence-electron chi connectivity index (χ4n) is 5.15. The molecule has 0 radical (unpaired) electrons. The zero-order valence-corrected chi connectivity index (χ0v) is 21.0. The van der Waals surface area contributed by atoms with Gasteiger partial charge in [0.15, 0.2) is 5.82 Å². The Hall–Kier alpha value is -3.16. The fourth-order valence-corrected chi connectivity index (χ4v) is 6.32. The number of rotatable bonds is 4. The van der Waals surface area contributed by atoms with Gasteiger partial charge in [0.05, 0.1) is 5.02 Å². The first-order chi connectivity index (χ1) is 16.8. The van der Waals surface area contributed by atoms with Gasteiger partial charge in [-0.05, 0) is 65.5 Å². The molecule has 1 aliphatic heterocycles. The van der Waals surface area contributed by atoms with Crippen molar-refractivity contribution in [2.75, 3.05) is 18.0 Å². The molecule has 0 spiro atoms. The van der Waals surface area contributed by atoms with Crippen LogP contribution in [0.25, 0.3) is 32.8 Å². The predicted octanol–water partition coefficient (Wildman–Crippen LogP) is 6.62. The minimum Gasteiger partial charge on any atom is -0.508 e. The van der Waals surface area contributed by atoms with E-state index >= 15 is 4.39 Å². The predicted molar refractivity (Wildman–Crippen MR) is 142 cm³/mol. The topological polar surface area (TPSA) is 56.7 Å². The number of piperazine rings is 1. The molecule has 1 N–H and O–H groups in total. The molecule has 2 atom stereocenters. The molecule has 0 saturated carbocycles. The number of phenols is 1. The summed E-state index contributed by atoms with van der Waals surface area (Å²) in [7, 11) is 0. The first-order valence-corrected chi connectivity index (χ1v) is 12.7. The summed E-state index contributed by atoms with van der Waals surface area (Å²) in [5.41, 5.74) is 1.00. The van der Waals surface area contributed by atoms with Crippen molar-refractivity contribution in [3.63, 3.8) is 0 Å². The molecule has 0 bridgehead atoms. The molecular weight excluding hydrogens is 485 g/mol. The molecule has 2 unspecified atom stereocenters. The van der Waals surface area contributed by atoms with Crippen molar-refractivity contribution in [2.45, 2.75) is 32.4 Å². The van der Waals surface area contributed by atoms with Crippen LogP contribution in [0.2, 0.25) is 5.02 Å². The van der Waals surface area contributed by atoms with Crippen molar-refractivity contribution in [2.24, 2.45) is 0 Å². The molecule has 0 aliphatic carbocycles. The van der Waals surface area contributed by atoms with Gasteiger partial charge in [0.1, 0.15) is 16.3 Å². The van der Waals surface area contributed by atoms with Gasteiger partial charge in [-0.15, -0.1) is 0 Å². The second-order valence-electron chi connectivity index (χ2n) is 8.91. The largest absolute Gasteiger partial charge is 0.508 e. The Bertz CT molecular complexity index is 1470. The third-order valence-corrected chi connectivity index (χ3v) is 7.96. The zero-order valence-electron chi connectivity index (χ0n) is 19.5. The Morgan fingerprint density at radius 3 is 2.80 bits per heavy atom. The molecule has 180 valence electrons. The van der Waals surface area contributed by atoms with Crippen molar-refractivity contribution in [1.82, 2.24) is 9.27 Å². The van der Waals surface area contributed by atoms with E-state index < -0.39 is 5.82 Å². The average molecular weight is 510 g/mol. The molecule has 2 heterocycles. The van der Waals surface area contributed by atoms with Crippen LogP contribution in [0.4, 0.5) is 9.39 Å². The highest BCUT2D eigenvalue weighted by molar-refractivity contribution is 7.11. The zero-order chi connectivity index (χ0) is 24.9. The van der Waals surface area contributed by atoms with E-state index in [4.69, 9.17) is 11.6 Å². The van der Waals surface area contributed by atoms with Gasteiger partial charge in [-0.25, -0.2) is 4.39 Å². The Labute approximate surface area is 212 Å². The summed E-state index contributed by atoms with van der Waals surface area (Å²) in [4.78, 5) is 16.5. The van der Waals surface area contributed by atoms with Crippen LogP contribution < -0.4 is 4.90 Å². The Balaban J connectivity index is 1.61. The number of nitrogens with zero attached hydrogens (tertiary/aromatic N) is 3. The number of amides is 1. The van der Waals surface area contributed by atoms with Crippen molar-refractivity contribution >= 4 is 55.7 Å². The lowest BCUT2D eigenvalue weighted by atomic mass is 9.96. The normalized spacial score (nSPS) is 18.4. The molecule has 1 amide bonds. The van der Waals surface area contributed by atoms with Gasteiger partial charge in [-0.2, -0.15) is 4.37 Å². The lowest BCUT2D eigenvalue weighted by Crippen LogP contribution is -2.59. The number of hydrogen-bond acceptors (Lipinski definition) is 5. The van der Waals surface area contributed by atoms with Gasteiger partial charge in [-0.3, -0.25) is 4.79 Å². The number of halogens is 2. The molecule has 5 nitrogen and oxygen atoms in total. The van der Waals surface area contributed by atoms with Crippen LogP contribution in [0.5, 0.6) is 5.75 Å². The first kappa shape index (κ1) is 23.6. The molecule has 4 aromatic rings. The van der Waals surface area contributed by atoms with Gasteiger partial charge in [0, 0.05) is 36.1 Å². The summed E-state index contributed by atoms with van der Waals surface area (Å²) in [6.07, 6.45) is 2.15. The van der Waals surface area contributed by atoms with Gasteiger partial charge >= 0.3 is 0 Å². The van der Waals surface area contributed by atoms with Gasteiger partial charge in [0.2, 0.25) is 5.91 Å². The summed E-state index contributed by atoms with van der Waals surface area (Å²) < 4.78 is 20.5. The summed E-state index contributed by atoms with van der Waals surface area (Å²) in [6.45, 7) is 8.93. The summed E-state index contributed by atoms with van der Waals surface area (Å²) in [6, 6.07) is 12.4. The second-order valence-corrected chi connectivity index (χ2v) is 10.1. The summed E-state index contributed by atoms with van der Waals surface area (Å²) in [5.74, 6) is -0.540. The number of aromatic hydroxyl groups is 1. The maximum Gasteiger partial charge on any atom is 0.246 e. The minimum absolute atomic E-state index is 0.0136. The van der Waals surface area contributed by atoms with E-state index in [-0.39, 0.29) is 39.8 Å². The van der Waals surface area contributed by atoms with E-state index in [1.54, 1.807) is 12.1 Å². The fraction of sp³-hybridized carbons (Fsp3) is 0.259. The van der Waals surface area contributed by atoms with Crippen LogP contribution in [-0.2, 0) is 4.79 Å². The maximum absolute atomic E-state index is 16.0. The van der Waals surface area contributed by atoms with Gasteiger partial charge in [-0.1, -0.05) is 49.4 Å². The molecule has 1 aliphatic rings. The number of hydrogen-bond donors (Lipinski definition) is 1. The average Bonchev–Trinajstić information content (AvgIpc) is 3.26. The van der Waals surface area contributed by atoms with E-state index in [1.807, 2.05) is 36.1 Å². The number of carbonyl (C=O) groups is 1. The van der Waals surface area contributed by atoms with E-state index in [0.29, 0.717) is 24.0 Å². The lowest BCUT2D eigenvalue weighted by Gasteiger charge is -2.45. The number of benzene rings is 3. The van der Waals surface area contributed by atoms with Crippen molar-refractivity contribution in [1.29, 1.82) is 0 Å². The van der Waals surface area contributed by atoms with Crippen LogP contribution in [0.1, 0.15) is 20.3 Å². The molecule has 1 saturated heterocycles. The first-order valence-electron chi connectivity index (χ1n) is 11.5. The Morgan fingerprint density at radius 1 is 1.29 bits per heavy atom. The summed E-state index contributed by atoms with van der Waals surface area (Å²) in [5, 5.41) is 13.6. The van der Waals surface area contributed by atoms with Gasteiger partial charge < -0.3 is 14.9 Å². The molecule has 1 aromatic heterocycles. The molecule has 5 rings (SSSR count). The van der Waals surface area contributed by atoms with E-state index in [1.165, 1.54) is 23.7 Å². The molecular formula is C27H25ClFN3O2S. The standard InChI is InChI=1S/C27H25ClFN3O2S/c1-4-17-14-31(13-15(3)32(17)23(34)5-2)27-21-12-22(28)24(25(29)26(21)30-35-27)20-11-18(33)10-16-8-6-7-9-19(16)20/h5-12,15,17,33H,2,4,13-14H2,1,3H3. The van der Waals surface area contributed by atoms with E-state index in [0.717, 1.165) is 22.2 Å². The van der Waals surface area contributed by atoms with E-state index in [9.17, 15) is 9.90 Å². The Kier molecular flexibility index (Phi) is 6.15. The van der Waals surface area contributed by atoms with E-state index in [2.05, 4.69) is 22.8 Å². The highest BCUT2D eigenvalue weighted by Crippen LogP contribution is 2.44. The van der Waals surface area contributed by atoms with Crippen molar-refractivity contribution in [3.8, 4) is 16.9 Å². The maximum atomic E-state index is 16.0. The van der Waals surface area contributed by atoms with Crippen molar-refractivity contribution in [3.05, 3.63) is 66.0 Å². The highest BCUT2D eigenvalue weighted by atomic mass is 35.5. The number of carbonyl (C=O) groups excluding carboxylic acids is 1. The lowest BCUT2D eigenvalue weighted by molar-refractivity contribution is -0.131. The number of aromatic nitrogens is 1. The Morgan fingerprint density at radius 2 is 2.06 bits per heavy atom. The SMILES string of the molecule is C=CC(=O)N1C(C)CN(c2snc3c(F)c(-c4cc(O)cc5ccccc45)c(Cl)cc23)CC1CC. The third kappa shape index (κ3) is 3.93. The number of fused-ring (bicyclic) bond motifs is 2. The quantitative estimate of drug-likeness (QED) is 0.314. The van der Waals surface area contributed by atoms with Crippen LogP contribution in [0, 0.1) is 5.82 Å². The number of anilines is 1. The van der Waals surface area contributed by atoms with Crippen LogP contribution in [0.15, 0.2) is 55.1 Å². The summed E-state index contributed by atoms with van der Waals surface area (Å²) >= 11 is 7.94. The molecule has 35 heavy (non-hydrogen) atoms. The third-order valence-electron chi connectivity index (χ3n) is 6.73. The smallest absolute Gasteiger partial charge is 0.246 e. The molecule has 8 heteroatoms. The highest BCUT2D eigenvalue weighted by Gasteiger charge is 2.35. The van der Waals surface area contributed by atoms with Crippen molar-refractivity contribution < 1.29 is 14.3 Å². The molecule has 3 aromatic carbocycles. The second kappa shape index (κ2) is 9.13. The molecule has 1 fully saturated rings. The minimum atomic E-state index is -0.508. The monoisotopic (exact) mass is 509 g/mol. The van der Waals surface area contributed by atoms with Gasteiger partial charge in [0.25, 0.3) is 0 Å². The van der Waals surface area contributed by atoms with Crippen LogP contribution in [-0.4, -0.2) is 45.5 Å².